The summed E-state index contributed by atoms with van der Waals surface area (Å²) in [5, 5.41) is 2.56. The Morgan fingerprint density at radius 2 is 2.05 bits per heavy atom. The molecule has 0 atom stereocenters. The Balaban J connectivity index is 1.82. The summed E-state index contributed by atoms with van der Waals surface area (Å²) in [5.41, 5.74) is 0.204. The lowest BCUT2D eigenvalue weighted by atomic mass is 9.99. The van der Waals surface area contributed by atoms with Gasteiger partial charge in [0.2, 0.25) is 5.91 Å². The van der Waals surface area contributed by atoms with Crippen LogP contribution in [0.15, 0.2) is 24.3 Å². The van der Waals surface area contributed by atoms with Crippen LogP contribution in [0.25, 0.3) is 0 Å². The van der Waals surface area contributed by atoms with E-state index in [4.69, 9.17) is 0 Å². The van der Waals surface area contributed by atoms with E-state index in [1.807, 2.05) is 4.90 Å². The standard InChI is InChI=1S/C14H17FN2O2/c15-12-3-1-2-4-13(12)16-14(19)9-17-7-5-11(10-18)6-8-17/h1-4,10-11H,5-9H2,(H,16,19). The molecule has 0 aromatic heterocycles. The Kier molecular flexibility index (Phi) is 4.63. The largest absolute Gasteiger partial charge is 0.322 e. The van der Waals surface area contributed by atoms with Crippen LogP contribution in [-0.4, -0.2) is 36.7 Å². The van der Waals surface area contributed by atoms with Gasteiger partial charge in [-0.3, -0.25) is 9.69 Å². The number of carbonyl (C=O) groups excluding carboxylic acids is 2. The smallest absolute Gasteiger partial charge is 0.238 e. The van der Waals surface area contributed by atoms with Crippen LogP contribution in [0.4, 0.5) is 10.1 Å². The van der Waals surface area contributed by atoms with Crippen LogP contribution < -0.4 is 5.32 Å². The zero-order valence-electron chi connectivity index (χ0n) is 10.6. The number of halogens is 1. The van der Waals surface area contributed by atoms with Crippen LogP contribution in [0.5, 0.6) is 0 Å². The number of carbonyl (C=O) groups is 2. The number of hydrogen-bond acceptors (Lipinski definition) is 3. The minimum Gasteiger partial charge on any atom is -0.322 e. The molecule has 1 aromatic rings. The fourth-order valence-electron chi connectivity index (χ4n) is 2.20. The first kappa shape index (κ1) is 13.7. The maximum absolute atomic E-state index is 13.4. The van der Waals surface area contributed by atoms with Gasteiger partial charge < -0.3 is 10.1 Å². The molecule has 1 heterocycles. The molecule has 0 spiro atoms. The van der Waals surface area contributed by atoms with Crippen molar-refractivity contribution in [1.82, 2.24) is 4.90 Å². The van der Waals surface area contributed by atoms with Crippen molar-refractivity contribution in [3.05, 3.63) is 30.1 Å². The van der Waals surface area contributed by atoms with E-state index in [1.165, 1.54) is 12.1 Å². The molecule has 19 heavy (non-hydrogen) atoms. The molecular weight excluding hydrogens is 247 g/mol. The lowest BCUT2D eigenvalue weighted by Crippen LogP contribution is -2.39. The predicted molar refractivity (Wildman–Crippen MR) is 70.3 cm³/mol. The van der Waals surface area contributed by atoms with Gasteiger partial charge in [0.25, 0.3) is 0 Å². The number of likely N-dealkylation sites (tertiary alicyclic amines) is 1. The van der Waals surface area contributed by atoms with E-state index in [9.17, 15) is 14.0 Å². The van der Waals surface area contributed by atoms with E-state index < -0.39 is 5.82 Å². The summed E-state index contributed by atoms with van der Waals surface area (Å²) >= 11 is 0. The fraction of sp³-hybridized carbons (Fsp3) is 0.429. The molecule has 1 amide bonds. The molecule has 1 saturated heterocycles. The Morgan fingerprint density at radius 3 is 2.68 bits per heavy atom. The molecule has 0 saturated carbocycles. The van der Waals surface area contributed by atoms with Crippen molar-refractivity contribution < 1.29 is 14.0 Å². The van der Waals surface area contributed by atoms with Crippen molar-refractivity contribution in [2.24, 2.45) is 5.92 Å². The van der Waals surface area contributed by atoms with Crippen molar-refractivity contribution in [1.29, 1.82) is 0 Å². The number of amides is 1. The molecule has 1 fully saturated rings. The second-order valence-corrected chi connectivity index (χ2v) is 4.78. The number of nitrogens with one attached hydrogen (secondary N) is 1. The molecule has 0 bridgehead atoms. The van der Waals surface area contributed by atoms with Crippen LogP contribution in [0, 0.1) is 11.7 Å². The third-order valence-electron chi connectivity index (χ3n) is 3.34. The average molecular weight is 264 g/mol. The summed E-state index contributed by atoms with van der Waals surface area (Å²) in [6.07, 6.45) is 2.56. The number of anilines is 1. The first-order valence-electron chi connectivity index (χ1n) is 6.41. The van der Waals surface area contributed by atoms with Crippen molar-refractivity contribution in [3.63, 3.8) is 0 Å². The van der Waals surface area contributed by atoms with Crippen LogP contribution in [0.1, 0.15) is 12.8 Å². The molecule has 1 aromatic carbocycles. The highest BCUT2D eigenvalue weighted by Gasteiger charge is 2.20. The first-order chi connectivity index (χ1) is 9.19. The SMILES string of the molecule is O=CC1CCN(CC(=O)Nc2ccccc2F)CC1. The Morgan fingerprint density at radius 1 is 1.37 bits per heavy atom. The summed E-state index contributed by atoms with van der Waals surface area (Å²) in [4.78, 5) is 24.4. The lowest BCUT2D eigenvalue weighted by molar-refractivity contribution is -0.117. The van der Waals surface area contributed by atoms with Crippen LogP contribution >= 0.6 is 0 Å². The fourth-order valence-corrected chi connectivity index (χ4v) is 2.20. The molecule has 102 valence electrons. The van der Waals surface area contributed by atoms with E-state index in [1.54, 1.807) is 12.1 Å². The molecule has 5 heteroatoms. The van der Waals surface area contributed by atoms with Gasteiger partial charge in [0.05, 0.1) is 12.2 Å². The van der Waals surface area contributed by atoms with E-state index in [0.717, 1.165) is 32.2 Å². The zero-order chi connectivity index (χ0) is 13.7. The summed E-state index contributed by atoms with van der Waals surface area (Å²) < 4.78 is 13.4. The van der Waals surface area contributed by atoms with Gasteiger partial charge >= 0.3 is 0 Å². The maximum Gasteiger partial charge on any atom is 0.238 e. The van der Waals surface area contributed by atoms with Crippen LogP contribution in [0.3, 0.4) is 0 Å². The Hall–Kier alpha value is -1.75. The molecule has 4 nitrogen and oxygen atoms in total. The summed E-state index contributed by atoms with van der Waals surface area (Å²) in [5.74, 6) is -0.545. The molecule has 2 rings (SSSR count). The lowest BCUT2D eigenvalue weighted by Gasteiger charge is -2.28. The maximum atomic E-state index is 13.4. The molecular formula is C14H17FN2O2. The molecule has 0 aliphatic carbocycles. The number of para-hydroxylation sites is 1. The van der Waals surface area contributed by atoms with Crippen molar-refractivity contribution in [2.45, 2.75) is 12.8 Å². The highest BCUT2D eigenvalue weighted by Crippen LogP contribution is 2.15. The number of benzene rings is 1. The first-order valence-corrected chi connectivity index (χ1v) is 6.41. The molecule has 0 radical (unpaired) electrons. The van der Waals surface area contributed by atoms with Gasteiger partial charge in [-0.05, 0) is 38.1 Å². The number of nitrogens with zero attached hydrogens (tertiary/aromatic N) is 1. The molecule has 1 aliphatic rings. The minimum absolute atomic E-state index is 0.117. The third kappa shape index (κ3) is 3.86. The minimum atomic E-state index is -0.435. The Labute approximate surface area is 111 Å². The second-order valence-electron chi connectivity index (χ2n) is 4.78. The van der Waals surface area contributed by atoms with E-state index in [2.05, 4.69) is 5.32 Å². The highest BCUT2D eigenvalue weighted by atomic mass is 19.1. The number of hydrogen-bond donors (Lipinski definition) is 1. The molecule has 0 unspecified atom stereocenters. The van der Waals surface area contributed by atoms with Gasteiger partial charge in [-0.1, -0.05) is 12.1 Å². The second kappa shape index (κ2) is 6.43. The van der Waals surface area contributed by atoms with Crippen molar-refractivity contribution in [3.8, 4) is 0 Å². The normalized spacial score (nSPS) is 17.1. The van der Waals surface area contributed by atoms with Gasteiger partial charge in [-0.2, -0.15) is 0 Å². The van der Waals surface area contributed by atoms with Gasteiger partial charge in [0.15, 0.2) is 0 Å². The topological polar surface area (TPSA) is 49.4 Å². The van der Waals surface area contributed by atoms with Crippen LogP contribution in [0.2, 0.25) is 0 Å². The van der Waals surface area contributed by atoms with Gasteiger partial charge in [-0.25, -0.2) is 4.39 Å². The number of aldehydes is 1. The quantitative estimate of drug-likeness (QED) is 0.842. The van der Waals surface area contributed by atoms with Crippen molar-refractivity contribution in [2.75, 3.05) is 25.0 Å². The predicted octanol–water partition coefficient (Wildman–Crippen LogP) is 1.68. The van der Waals surface area contributed by atoms with Crippen LogP contribution in [-0.2, 0) is 9.59 Å². The molecule has 1 N–H and O–H groups in total. The Bertz CT molecular complexity index is 457. The molecule has 1 aliphatic heterocycles. The third-order valence-corrected chi connectivity index (χ3v) is 3.34. The summed E-state index contributed by atoms with van der Waals surface area (Å²) in [6.45, 7) is 1.70. The highest BCUT2D eigenvalue weighted by molar-refractivity contribution is 5.92. The van der Waals surface area contributed by atoms with Gasteiger partial charge in [0, 0.05) is 5.92 Å². The zero-order valence-corrected chi connectivity index (χ0v) is 10.6. The number of rotatable bonds is 4. The summed E-state index contributed by atoms with van der Waals surface area (Å²) in [6, 6.07) is 6.10. The monoisotopic (exact) mass is 264 g/mol. The van der Waals surface area contributed by atoms with E-state index >= 15 is 0 Å². The van der Waals surface area contributed by atoms with Gasteiger partial charge in [-0.15, -0.1) is 0 Å². The summed E-state index contributed by atoms with van der Waals surface area (Å²) in [7, 11) is 0. The van der Waals surface area contributed by atoms with Gasteiger partial charge in [0.1, 0.15) is 12.1 Å². The van der Waals surface area contributed by atoms with Crippen molar-refractivity contribution >= 4 is 17.9 Å². The number of piperidine rings is 1. The van der Waals surface area contributed by atoms with E-state index in [-0.39, 0.29) is 24.1 Å². The average Bonchev–Trinajstić information content (AvgIpc) is 2.42. The van der Waals surface area contributed by atoms with E-state index in [0.29, 0.717) is 0 Å².